The first-order valence-corrected chi connectivity index (χ1v) is 7.09. The van der Waals surface area contributed by atoms with Crippen LogP contribution >= 0.6 is 0 Å². The van der Waals surface area contributed by atoms with Gasteiger partial charge in [-0.25, -0.2) is 0 Å². The van der Waals surface area contributed by atoms with Crippen LogP contribution in [-0.2, 0) is 6.54 Å². The normalized spacial score (nSPS) is 18.1. The second kappa shape index (κ2) is 6.73. The molecule has 0 spiro atoms. The summed E-state index contributed by atoms with van der Waals surface area (Å²) in [5, 5.41) is 14.6. The van der Waals surface area contributed by atoms with Crippen molar-refractivity contribution in [3.63, 3.8) is 0 Å². The lowest BCUT2D eigenvalue weighted by Crippen LogP contribution is -2.23. The fraction of sp³-hybridized carbons (Fsp3) is 0.846. The van der Waals surface area contributed by atoms with Gasteiger partial charge in [0.15, 0.2) is 0 Å². The molecule has 0 bridgehead atoms. The van der Waals surface area contributed by atoms with Crippen LogP contribution in [0.4, 0.5) is 6.01 Å². The molecule has 1 unspecified atom stereocenters. The van der Waals surface area contributed by atoms with E-state index in [2.05, 4.69) is 34.7 Å². The van der Waals surface area contributed by atoms with Gasteiger partial charge in [0.25, 0.3) is 0 Å². The van der Waals surface area contributed by atoms with Crippen molar-refractivity contribution in [2.45, 2.75) is 58.5 Å². The Labute approximate surface area is 109 Å². The molecule has 1 atom stereocenters. The molecular formula is C13H24N4O. The highest BCUT2D eigenvalue weighted by atomic mass is 16.4. The number of anilines is 1. The first-order valence-electron chi connectivity index (χ1n) is 7.09. The van der Waals surface area contributed by atoms with Crippen molar-refractivity contribution in [3.8, 4) is 0 Å². The lowest BCUT2D eigenvalue weighted by Gasteiger charge is -2.18. The molecule has 0 saturated heterocycles. The van der Waals surface area contributed by atoms with Crippen molar-refractivity contribution >= 4 is 6.01 Å². The zero-order valence-electron chi connectivity index (χ0n) is 11.4. The lowest BCUT2D eigenvalue weighted by atomic mass is 10.0. The Hall–Kier alpha value is -1.10. The van der Waals surface area contributed by atoms with Crippen molar-refractivity contribution in [1.82, 2.24) is 15.5 Å². The van der Waals surface area contributed by atoms with Gasteiger partial charge in [-0.3, -0.25) is 0 Å². The van der Waals surface area contributed by atoms with E-state index in [-0.39, 0.29) is 0 Å². The van der Waals surface area contributed by atoms with Crippen molar-refractivity contribution in [3.05, 3.63) is 5.89 Å². The summed E-state index contributed by atoms with van der Waals surface area (Å²) in [7, 11) is 0. The van der Waals surface area contributed by atoms with E-state index in [0.717, 1.165) is 18.9 Å². The molecule has 0 aliphatic heterocycles. The Bertz CT molecular complexity index is 347. The zero-order valence-corrected chi connectivity index (χ0v) is 11.4. The number of rotatable bonds is 7. The van der Waals surface area contributed by atoms with Crippen LogP contribution in [0.15, 0.2) is 4.42 Å². The highest BCUT2D eigenvalue weighted by Crippen LogP contribution is 2.28. The maximum Gasteiger partial charge on any atom is 0.315 e. The molecule has 1 aliphatic carbocycles. The van der Waals surface area contributed by atoms with E-state index in [4.69, 9.17) is 4.42 Å². The summed E-state index contributed by atoms with van der Waals surface area (Å²) >= 11 is 0. The van der Waals surface area contributed by atoms with Crippen LogP contribution in [0.2, 0.25) is 0 Å². The molecule has 5 heteroatoms. The number of aromatic nitrogens is 2. The van der Waals surface area contributed by atoms with Gasteiger partial charge in [-0.2, -0.15) is 0 Å². The van der Waals surface area contributed by atoms with Gasteiger partial charge in [-0.1, -0.05) is 24.9 Å². The minimum absolute atomic E-state index is 0.421. The Morgan fingerprint density at radius 1 is 1.33 bits per heavy atom. The van der Waals surface area contributed by atoms with Crippen LogP contribution in [0.3, 0.4) is 0 Å². The van der Waals surface area contributed by atoms with Gasteiger partial charge >= 0.3 is 6.01 Å². The molecule has 2 N–H and O–H groups in total. The van der Waals surface area contributed by atoms with Gasteiger partial charge in [-0.15, -0.1) is 5.10 Å². The minimum atomic E-state index is 0.421. The zero-order chi connectivity index (χ0) is 12.8. The van der Waals surface area contributed by atoms with Gasteiger partial charge in [-0.05, 0) is 38.6 Å². The van der Waals surface area contributed by atoms with E-state index in [1.807, 2.05) is 0 Å². The van der Waals surface area contributed by atoms with E-state index in [1.165, 1.54) is 25.7 Å². The van der Waals surface area contributed by atoms with Gasteiger partial charge < -0.3 is 15.1 Å². The van der Waals surface area contributed by atoms with Crippen LogP contribution in [-0.4, -0.2) is 22.8 Å². The second-order valence-corrected chi connectivity index (χ2v) is 5.16. The number of nitrogens with one attached hydrogen (secondary N) is 2. The Morgan fingerprint density at radius 3 is 2.83 bits per heavy atom. The van der Waals surface area contributed by atoms with Crippen molar-refractivity contribution in [1.29, 1.82) is 0 Å². The maximum absolute atomic E-state index is 5.56. The third kappa shape index (κ3) is 3.70. The van der Waals surface area contributed by atoms with E-state index in [0.29, 0.717) is 24.5 Å². The molecule has 0 radical (unpaired) electrons. The van der Waals surface area contributed by atoms with E-state index < -0.39 is 0 Å². The quantitative estimate of drug-likeness (QED) is 0.730. The molecule has 0 amide bonds. The molecule has 0 aromatic carbocycles. The molecular weight excluding hydrogens is 228 g/mol. The molecule has 2 rings (SSSR count). The number of hydrogen-bond donors (Lipinski definition) is 2. The molecule has 1 aromatic heterocycles. The fourth-order valence-electron chi connectivity index (χ4n) is 2.53. The predicted octanol–water partition coefficient (Wildman–Crippen LogP) is 2.56. The first kappa shape index (κ1) is 13.3. The number of nitrogens with zero attached hydrogens (tertiary/aromatic N) is 2. The third-order valence-electron chi connectivity index (χ3n) is 3.63. The fourth-order valence-corrected chi connectivity index (χ4v) is 2.53. The highest BCUT2D eigenvalue weighted by molar-refractivity contribution is 5.19. The van der Waals surface area contributed by atoms with Crippen LogP contribution in [0.5, 0.6) is 0 Å². The van der Waals surface area contributed by atoms with Gasteiger partial charge in [0.1, 0.15) is 0 Å². The second-order valence-electron chi connectivity index (χ2n) is 5.16. The van der Waals surface area contributed by atoms with E-state index in [9.17, 15) is 0 Å². The Balaban J connectivity index is 1.78. The minimum Gasteiger partial charge on any atom is -0.407 e. The van der Waals surface area contributed by atoms with Crippen molar-refractivity contribution in [2.24, 2.45) is 5.92 Å². The molecule has 1 heterocycles. The first-order chi connectivity index (χ1) is 8.79. The predicted molar refractivity (Wildman–Crippen MR) is 71.3 cm³/mol. The standard InChI is InChI=1S/C13H24N4O/c1-3-8-14-9-12-16-17-13(18-12)15-10(2)11-6-4-5-7-11/h10-11,14H,3-9H2,1-2H3,(H,15,17). The largest absolute Gasteiger partial charge is 0.407 e. The lowest BCUT2D eigenvalue weighted by molar-refractivity contribution is 0.444. The summed E-state index contributed by atoms with van der Waals surface area (Å²) in [6.07, 6.45) is 6.44. The summed E-state index contributed by atoms with van der Waals surface area (Å²) in [5.41, 5.74) is 0. The summed E-state index contributed by atoms with van der Waals surface area (Å²) in [4.78, 5) is 0. The third-order valence-corrected chi connectivity index (χ3v) is 3.63. The summed E-state index contributed by atoms with van der Waals surface area (Å²) in [6.45, 7) is 5.97. The summed E-state index contributed by atoms with van der Waals surface area (Å²) < 4.78 is 5.56. The van der Waals surface area contributed by atoms with Crippen LogP contribution in [0, 0.1) is 5.92 Å². The molecule has 102 valence electrons. The van der Waals surface area contributed by atoms with Crippen LogP contribution in [0.25, 0.3) is 0 Å². The maximum atomic E-state index is 5.56. The smallest absolute Gasteiger partial charge is 0.315 e. The Kier molecular flexibility index (Phi) is 4.99. The van der Waals surface area contributed by atoms with Crippen molar-refractivity contribution < 1.29 is 4.42 Å². The van der Waals surface area contributed by atoms with Crippen LogP contribution in [0.1, 0.15) is 51.8 Å². The van der Waals surface area contributed by atoms with Gasteiger partial charge in [0.2, 0.25) is 5.89 Å². The highest BCUT2D eigenvalue weighted by Gasteiger charge is 2.22. The summed E-state index contributed by atoms with van der Waals surface area (Å²) in [6, 6.07) is 0.979. The monoisotopic (exact) mass is 252 g/mol. The SMILES string of the molecule is CCCNCc1nnc(NC(C)C2CCCC2)o1. The molecule has 1 fully saturated rings. The Morgan fingerprint density at radius 2 is 2.11 bits per heavy atom. The number of hydrogen-bond acceptors (Lipinski definition) is 5. The van der Waals surface area contributed by atoms with E-state index >= 15 is 0 Å². The molecule has 1 aliphatic rings. The molecule has 5 nitrogen and oxygen atoms in total. The molecule has 18 heavy (non-hydrogen) atoms. The van der Waals surface area contributed by atoms with Crippen molar-refractivity contribution in [2.75, 3.05) is 11.9 Å². The van der Waals surface area contributed by atoms with Crippen LogP contribution < -0.4 is 10.6 Å². The topological polar surface area (TPSA) is 63.0 Å². The average molecular weight is 252 g/mol. The van der Waals surface area contributed by atoms with Gasteiger partial charge in [0.05, 0.1) is 6.54 Å². The average Bonchev–Trinajstić information content (AvgIpc) is 3.00. The van der Waals surface area contributed by atoms with E-state index in [1.54, 1.807) is 0 Å². The molecule has 1 saturated carbocycles. The van der Waals surface area contributed by atoms with Gasteiger partial charge in [0, 0.05) is 6.04 Å². The summed E-state index contributed by atoms with van der Waals surface area (Å²) in [5.74, 6) is 1.41. The molecule has 1 aromatic rings.